The first kappa shape index (κ1) is 14.3. The monoisotopic (exact) mass is 305 g/mol. The molecule has 0 saturated heterocycles. The van der Waals surface area contributed by atoms with Crippen LogP contribution in [0.4, 0.5) is 4.39 Å². The smallest absolute Gasteiger partial charge is 0.261 e. The van der Waals surface area contributed by atoms with Crippen LogP contribution in [0.25, 0.3) is 0 Å². The normalized spacial score (nSPS) is 15.9. The lowest BCUT2D eigenvalue weighted by Crippen LogP contribution is -2.41. The van der Waals surface area contributed by atoms with Gasteiger partial charge in [0.1, 0.15) is 5.82 Å². The lowest BCUT2D eigenvalue weighted by Gasteiger charge is -2.34. The molecule has 1 aliphatic rings. The summed E-state index contributed by atoms with van der Waals surface area (Å²) in [6, 6.07) is 3.20. The minimum absolute atomic E-state index is 0.140. The maximum Gasteiger partial charge on any atom is 0.261 e. The zero-order valence-electron chi connectivity index (χ0n) is 10.3. The van der Waals surface area contributed by atoms with Crippen molar-refractivity contribution >= 4 is 25.6 Å². The predicted molar refractivity (Wildman–Crippen MR) is 69.2 cm³/mol. The van der Waals surface area contributed by atoms with E-state index >= 15 is 0 Å². The molecule has 1 aromatic carbocycles. The Balaban J connectivity index is 2.28. The third-order valence-corrected chi connectivity index (χ3v) is 4.75. The number of nitrogens with zero attached hydrogens (tertiary/aromatic N) is 1. The van der Waals surface area contributed by atoms with Crippen LogP contribution in [0.3, 0.4) is 0 Å². The minimum Gasteiger partial charge on any atom is -0.339 e. The molecular formula is C12H13ClFNO3S. The number of hydrogen-bond donors (Lipinski definition) is 0. The van der Waals surface area contributed by atoms with Crippen LogP contribution < -0.4 is 0 Å². The van der Waals surface area contributed by atoms with Gasteiger partial charge in [0, 0.05) is 23.8 Å². The van der Waals surface area contributed by atoms with Crippen molar-refractivity contribution in [3.63, 3.8) is 0 Å². The van der Waals surface area contributed by atoms with Gasteiger partial charge in [-0.3, -0.25) is 4.79 Å². The molecule has 0 spiro atoms. The van der Waals surface area contributed by atoms with E-state index in [4.69, 9.17) is 10.7 Å². The van der Waals surface area contributed by atoms with Gasteiger partial charge in [-0.15, -0.1) is 0 Å². The molecule has 2 rings (SSSR count). The summed E-state index contributed by atoms with van der Waals surface area (Å²) in [7, 11) is 2.75. The lowest BCUT2D eigenvalue weighted by atomic mass is 9.91. The van der Waals surface area contributed by atoms with Crippen LogP contribution in [0, 0.1) is 5.82 Å². The summed E-state index contributed by atoms with van der Waals surface area (Å²) in [5.74, 6) is -1.32. The summed E-state index contributed by atoms with van der Waals surface area (Å²) in [4.78, 5) is 13.2. The van der Waals surface area contributed by atoms with Crippen molar-refractivity contribution in [2.75, 3.05) is 7.05 Å². The van der Waals surface area contributed by atoms with Crippen LogP contribution in [-0.4, -0.2) is 32.3 Å². The van der Waals surface area contributed by atoms with Crippen molar-refractivity contribution in [3.05, 3.63) is 29.6 Å². The standard InChI is InChI=1S/C12H13ClFNO3S/c1-15(8-3-2-4-8)12(16)10-6-5-9(7-11(10)14)19(13,17)18/h5-8H,2-4H2,1H3. The van der Waals surface area contributed by atoms with Crippen molar-refractivity contribution in [1.82, 2.24) is 4.90 Å². The largest absolute Gasteiger partial charge is 0.339 e. The van der Waals surface area contributed by atoms with Gasteiger partial charge in [0.05, 0.1) is 10.5 Å². The van der Waals surface area contributed by atoms with Gasteiger partial charge in [0.15, 0.2) is 0 Å². The van der Waals surface area contributed by atoms with Crippen molar-refractivity contribution in [2.24, 2.45) is 0 Å². The van der Waals surface area contributed by atoms with E-state index < -0.39 is 20.8 Å². The Kier molecular flexibility index (Phi) is 3.82. The zero-order valence-corrected chi connectivity index (χ0v) is 11.8. The maximum atomic E-state index is 13.8. The van der Waals surface area contributed by atoms with E-state index in [-0.39, 0.29) is 16.5 Å². The molecule has 1 amide bonds. The molecule has 0 heterocycles. The Morgan fingerprint density at radius 1 is 1.42 bits per heavy atom. The number of halogens is 2. The van der Waals surface area contributed by atoms with Gasteiger partial charge in [0.25, 0.3) is 15.0 Å². The summed E-state index contributed by atoms with van der Waals surface area (Å²) >= 11 is 0. The van der Waals surface area contributed by atoms with Gasteiger partial charge >= 0.3 is 0 Å². The fourth-order valence-corrected chi connectivity index (χ4v) is 2.71. The van der Waals surface area contributed by atoms with Gasteiger partial charge in [-0.2, -0.15) is 0 Å². The molecule has 0 N–H and O–H groups in total. The second-order valence-corrected chi connectivity index (χ2v) is 7.15. The van der Waals surface area contributed by atoms with Crippen LogP contribution in [0.1, 0.15) is 29.6 Å². The third-order valence-electron chi connectivity index (χ3n) is 3.40. The molecule has 1 aromatic rings. The van der Waals surface area contributed by atoms with Gasteiger partial charge in [-0.1, -0.05) is 0 Å². The van der Waals surface area contributed by atoms with E-state index in [2.05, 4.69) is 0 Å². The van der Waals surface area contributed by atoms with Crippen molar-refractivity contribution in [3.8, 4) is 0 Å². The van der Waals surface area contributed by atoms with Crippen molar-refractivity contribution in [2.45, 2.75) is 30.2 Å². The number of rotatable bonds is 3. The van der Waals surface area contributed by atoms with Crippen LogP contribution >= 0.6 is 10.7 Å². The highest BCUT2D eigenvalue weighted by atomic mass is 35.7. The lowest BCUT2D eigenvalue weighted by molar-refractivity contribution is 0.0647. The van der Waals surface area contributed by atoms with Gasteiger partial charge < -0.3 is 4.90 Å². The van der Waals surface area contributed by atoms with E-state index in [0.29, 0.717) is 0 Å². The van der Waals surface area contributed by atoms with Crippen LogP contribution in [0.5, 0.6) is 0 Å². The highest BCUT2D eigenvalue weighted by Crippen LogP contribution is 2.26. The molecule has 0 bridgehead atoms. The Labute approximate surface area is 115 Å². The van der Waals surface area contributed by atoms with Crippen molar-refractivity contribution < 1.29 is 17.6 Å². The third kappa shape index (κ3) is 2.90. The molecule has 0 radical (unpaired) electrons. The fourth-order valence-electron chi connectivity index (χ4n) is 1.95. The number of amides is 1. The number of carbonyl (C=O) groups is 1. The average Bonchev–Trinajstić information content (AvgIpc) is 2.24. The summed E-state index contributed by atoms with van der Waals surface area (Å²) < 4.78 is 35.9. The SMILES string of the molecule is CN(C(=O)c1ccc(S(=O)(=O)Cl)cc1F)C1CCC1. The number of carbonyl (C=O) groups excluding carboxylic acids is 1. The first-order valence-corrected chi connectivity index (χ1v) is 8.13. The van der Waals surface area contributed by atoms with Crippen molar-refractivity contribution in [1.29, 1.82) is 0 Å². The fraction of sp³-hybridized carbons (Fsp3) is 0.417. The quantitative estimate of drug-likeness (QED) is 0.806. The first-order valence-electron chi connectivity index (χ1n) is 5.82. The highest BCUT2D eigenvalue weighted by molar-refractivity contribution is 8.13. The van der Waals surface area contributed by atoms with E-state index in [9.17, 15) is 17.6 Å². The molecular weight excluding hydrogens is 293 g/mol. The van der Waals surface area contributed by atoms with Crippen LogP contribution in [-0.2, 0) is 9.05 Å². The second kappa shape index (κ2) is 5.09. The number of benzene rings is 1. The number of hydrogen-bond acceptors (Lipinski definition) is 3. The second-order valence-electron chi connectivity index (χ2n) is 4.58. The summed E-state index contributed by atoms with van der Waals surface area (Å²) in [5, 5.41) is 0. The van der Waals surface area contributed by atoms with Crippen LogP contribution in [0.2, 0.25) is 0 Å². The Morgan fingerprint density at radius 3 is 2.47 bits per heavy atom. The summed E-state index contributed by atoms with van der Waals surface area (Å²) in [6.07, 6.45) is 2.89. The van der Waals surface area contributed by atoms with E-state index in [0.717, 1.165) is 37.5 Å². The molecule has 0 unspecified atom stereocenters. The van der Waals surface area contributed by atoms with E-state index in [1.165, 1.54) is 4.90 Å². The first-order chi connectivity index (χ1) is 8.80. The molecule has 1 saturated carbocycles. The molecule has 1 aliphatic carbocycles. The summed E-state index contributed by atoms with van der Waals surface area (Å²) in [6.45, 7) is 0. The maximum absolute atomic E-state index is 13.8. The molecule has 7 heteroatoms. The van der Waals surface area contributed by atoms with Gasteiger partial charge in [0.2, 0.25) is 0 Å². The van der Waals surface area contributed by atoms with Crippen LogP contribution in [0.15, 0.2) is 23.1 Å². The van der Waals surface area contributed by atoms with Gasteiger partial charge in [-0.25, -0.2) is 12.8 Å². The topological polar surface area (TPSA) is 54.5 Å². The molecule has 0 atom stereocenters. The molecule has 19 heavy (non-hydrogen) atoms. The minimum atomic E-state index is -3.99. The van der Waals surface area contributed by atoms with Gasteiger partial charge in [-0.05, 0) is 37.5 Å². The molecule has 104 valence electrons. The Morgan fingerprint density at radius 2 is 2.05 bits per heavy atom. The van der Waals surface area contributed by atoms with E-state index in [1.807, 2.05) is 0 Å². The molecule has 4 nitrogen and oxygen atoms in total. The molecule has 0 aromatic heterocycles. The Bertz CT molecular complexity index is 613. The highest BCUT2D eigenvalue weighted by Gasteiger charge is 2.28. The molecule has 1 fully saturated rings. The predicted octanol–water partition coefficient (Wildman–Crippen LogP) is 2.38. The zero-order chi connectivity index (χ0) is 14.2. The average molecular weight is 306 g/mol. The summed E-state index contributed by atoms with van der Waals surface area (Å²) in [5.41, 5.74) is -0.140. The Hall–Kier alpha value is -1.14. The van der Waals surface area contributed by atoms with E-state index in [1.54, 1.807) is 7.05 Å². The molecule has 0 aliphatic heterocycles.